The summed E-state index contributed by atoms with van der Waals surface area (Å²) in [5, 5.41) is 5.05. The summed E-state index contributed by atoms with van der Waals surface area (Å²) >= 11 is 3.54. The molecule has 0 aliphatic carbocycles. The number of fused-ring (bicyclic) bond motifs is 3. The summed E-state index contributed by atoms with van der Waals surface area (Å²) in [6, 6.07) is 52.9. The van der Waals surface area contributed by atoms with Crippen molar-refractivity contribution in [3.8, 4) is 33.4 Å². The molecule has 0 saturated carbocycles. The van der Waals surface area contributed by atoms with Gasteiger partial charge in [-0.3, -0.25) is 0 Å². The molecule has 1 aliphatic heterocycles. The molecule has 0 spiro atoms. The maximum absolute atomic E-state index is 3.54. The Kier molecular flexibility index (Phi) is 5.36. The number of rotatable bonds is 3. The van der Waals surface area contributed by atoms with Crippen molar-refractivity contribution in [2.45, 2.75) is 0 Å². The molecule has 0 amide bonds. The monoisotopic (exact) mass is 573 g/mol. The maximum atomic E-state index is 3.54. The van der Waals surface area contributed by atoms with Gasteiger partial charge in [-0.2, -0.15) is 0 Å². The Bertz CT molecular complexity index is 2050. The minimum absolute atomic E-state index is 1.09. The molecule has 0 radical (unpaired) electrons. The first-order valence-electron chi connectivity index (χ1n) is 13.5. The van der Waals surface area contributed by atoms with Gasteiger partial charge in [0, 0.05) is 20.8 Å². The zero-order valence-corrected chi connectivity index (χ0v) is 23.3. The van der Waals surface area contributed by atoms with Gasteiger partial charge in [-0.05, 0) is 75.0 Å². The molecule has 2 heteroatoms. The zero-order chi connectivity index (χ0) is 26.6. The van der Waals surface area contributed by atoms with Crippen LogP contribution in [0.4, 0.5) is 17.1 Å². The Morgan fingerprint density at radius 1 is 0.400 bits per heavy atom. The third-order valence-electron chi connectivity index (χ3n) is 8.05. The van der Waals surface area contributed by atoms with E-state index in [-0.39, 0.29) is 0 Å². The Hall–Kier alpha value is -4.66. The summed E-state index contributed by atoms with van der Waals surface area (Å²) in [6.07, 6.45) is 0. The third kappa shape index (κ3) is 3.68. The van der Waals surface area contributed by atoms with E-state index in [9.17, 15) is 0 Å². The van der Waals surface area contributed by atoms with Gasteiger partial charge in [-0.25, -0.2) is 0 Å². The molecule has 1 heterocycles. The number of benzene rings is 7. The van der Waals surface area contributed by atoms with Gasteiger partial charge in [-0.15, -0.1) is 0 Å². The van der Waals surface area contributed by atoms with Crippen molar-refractivity contribution in [1.82, 2.24) is 0 Å². The fourth-order valence-electron chi connectivity index (χ4n) is 6.15. The van der Waals surface area contributed by atoms with E-state index in [4.69, 9.17) is 0 Å². The summed E-state index contributed by atoms with van der Waals surface area (Å²) in [5.41, 5.74) is 11.0. The standard InChI is InChI=1S/C38H24BrN/c39-31-21-18-26(19-22-31)25-14-16-27(17-15-25)30-20-23-36-34(24-30)33-11-3-8-29-9-5-13-37(38(29)33)40(36)35-12-4-7-28-6-1-2-10-32(28)35/h1-24H. The second-order valence-corrected chi connectivity index (χ2v) is 11.2. The summed E-state index contributed by atoms with van der Waals surface area (Å²) < 4.78 is 1.09. The molecule has 7 aromatic carbocycles. The summed E-state index contributed by atoms with van der Waals surface area (Å²) in [4.78, 5) is 2.45. The van der Waals surface area contributed by atoms with Crippen molar-refractivity contribution in [2.24, 2.45) is 0 Å². The second kappa shape index (κ2) is 9.22. The van der Waals surface area contributed by atoms with Crippen LogP contribution in [0.15, 0.2) is 150 Å². The average Bonchev–Trinajstić information content (AvgIpc) is 3.02. The highest BCUT2D eigenvalue weighted by molar-refractivity contribution is 9.10. The molecule has 188 valence electrons. The van der Waals surface area contributed by atoms with Crippen LogP contribution in [0.1, 0.15) is 0 Å². The molecule has 8 rings (SSSR count). The highest BCUT2D eigenvalue weighted by atomic mass is 79.9. The quantitative estimate of drug-likeness (QED) is 0.203. The minimum Gasteiger partial charge on any atom is -0.309 e. The van der Waals surface area contributed by atoms with Crippen molar-refractivity contribution in [1.29, 1.82) is 0 Å². The number of hydrogen-bond donors (Lipinski definition) is 0. The molecule has 0 atom stereocenters. The number of nitrogens with zero attached hydrogens (tertiary/aromatic N) is 1. The van der Waals surface area contributed by atoms with Gasteiger partial charge in [0.05, 0.1) is 17.1 Å². The highest BCUT2D eigenvalue weighted by Gasteiger charge is 2.27. The number of anilines is 3. The van der Waals surface area contributed by atoms with Crippen molar-refractivity contribution in [2.75, 3.05) is 4.90 Å². The summed E-state index contributed by atoms with van der Waals surface area (Å²) in [5.74, 6) is 0. The SMILES string of the molecule is Brc1ccc(-c2ccc(-c3ccc4c(c3)-c3cccc5cccc(c35)N4c3cccc4ccccc34)cc2)cc1. The first-order chi connectivity index (χ1) is 19.7. The van der Waals surface area contributed by atoms with Crippen LogP contribution in [-0.2, 0) is 0 Å². The molecule has 1 nitrogen and oxygen atoms in total. The Balaban J connectivity index is 1.32. The molecule has 0 aromatic heterocycles. The molecule has 0 saturated heterocycles. The van der Waals surface area contributed by atoms with E-state index in [0.717, 1.165) is 4.47 Å². The topological polar surface area (TPSA) is 3.24 Å². The average molecular weight is 575 g/mol. The summed E-state index contributed by atoms with van der Waals surface area (Å²) in [7, 11) is 0. The van der Waals surface area contributed by atoms with E-state index in [1.807, 2.05) is 0 Å². The molecule has 40 heavy (non-hydrogen) atoms. The highest BCUT2D eigenvalue weighted by Crippen LogP contribution is 2.52. The first kappa shape index (κ1) is 23.2. The lowest BCUT2D eigenvalue weighted by molar-refractivity contribution is 1.30. The van der Waals surface area contributed by atoms with Gasteiger partial charge in [-0.1, -0.05) is 125 Å². The van der Waals surface area contributed by atoms with Crippen LogP contribution in [0.3, 0.4) is 0 Å². The molecule has 0 fully saturated rings. The molecular formula is C38H24BrN. The normalized spacial score (nSPS) is 12.1. The third-order valence-corrected chi connectivity index (χ3v) is 8.58. The lowest BCUT2D eigenvalue weighted by Crippen LogP contribution is -2.15. The smallest absolute Gasteiger partial charge is 0.0546 e. The lowest BCUT2D eigenvalue weighted by atomic mass is 9.88. The molecule has 0 N–H and O–H groups in total. The van der Waals surface area contributed by atoms with Crippen LogP contribution >= 0.6 is 15.9 Å². The lowest BCUT2D eigenvalue weighted by Gasteiger charge is -2.34. The molecule has 7 aromatic rings. The maximum Gasteiger partial charge on any atom is 0.0546 e. The van der Waals surface area contributed by atoms with E-state index in [2.05, 4.69) is 166 Å². The fourth-order valence-corrected chi connectivity index (χ4v) is 6.41. The van der Waals surface area contributed by atoms with Crippen molar-refractivity contribution < 1.29 is 0 Å². The number of hydrogen-bond acceptors (Lipinski definition) is 1. The van der Waals surface area contributed by atoms with E-state index >= 15 is 0 Å². The Morgan fingerprint density at radius 3 is 1.75 bits per heavy atom. The van der Waals surface area contributed by atoms with E-state index < -0.39 is 0 Å². The van der Waals surface area contributed by atoms with Crippen molar-refractivity contribution in [3.05, 3.63) is 150 Å². The van der Waals surface area contributed by atoms with Crippen molar-refractivity contribution >= 4 is 54.5 Å². The predicted octanol–water partition coefficient (Wildman–Crippen LogP) is 11.5. The van der Waals surface area contributed by atoms with Gasteiger partial charge >= 0.3 is 0 Å². The molecule has 1 aliphatic rings. The van der Waals surface area contributed by atoms with E-state index in [1.54, 1.807) is 0 Å². The van der Waals surface area contributed by atoms with Crippen LogP contribution < -0.4 is 4.90 Å². The first-order valence-corrected chi connectivity index (χ1v) is 14.3. The van der Waals surface area contributed by atoms with Crippen LogP contribution in [0.25, 0.3) is 54.9 Å². The van der Waals surface area contributed by atoms with Crippen LogP contribution in [0.5, 0.6) is 0 Å². The van der Waals surface area contributed by atoms with Gasteiger partial charge in [0.2, 0.25) is 0 Å². The van der Waals surface area contributed by atoms with Gasteiger partial charge in [0.15, 0.2) is 0 Å². The van der Waals surface area contributed by atoms with Crippen LogP contribution in [0.2, 0.25) is 0 Å². The number of halogens is 1. The largest absolute Gasteiger partial charge is 0.309 e. The van der Waals surface area contributed by atoms with Crippen LogP contribution in [0, 0.1) is 0 Å². The molecular weight excluding hydrogens is 550 g/mol. The Labute approximate surface area is 242 Å². The van der Waals surface area contributed by atoms with Crippen LogP contribution in [-0.4, -0.2) is 0 Å². The molecule has 0 bridgehead atoms. The van der Waals surface area contributed by atoms with Gasteiger partial charge in [0.1, 0.15) is 0 Å². The van der Waals surface area contributed by atoms with E-state index in [0.29, 0.717) is 0 Å². The van der Waals surface area contributed by atoms with Crippen molar-refractivity contribution in [3.63, 3.8) is 0 Å². The molecule has 0 unspecified atom stereocenters. The zero-order valence-electron chi connectivity index (χ0n) is 21.7. The second-order valence-electron chi connectivity index (χ2n) is 10.3. The van der Waals surface area contributed by atoms with Gasteiger partial charge < -0.3 is 4.90 Å². The van der Waals surface area contributed by atoms with Gasteiger partial charge in [0.25, 0.3) is 0 Å². The Morgan fingerprint density at radius 2 is 0.975 bits per heavy atom. The fraction of sp³-hybridized carbons (Fsp3) is 0. The van der Waals surface area contributed by atoms with E-state index in [1.165, 1.54) is 72.0 Å². The predicted molar refractivity (Wildman–Crippen MR) is 174 cm³/mol. The summed E-state index contributed by atoms with van der Waals surface area (Å²) in [6.45, 7) is 0. The minimum atomic E-state index is 1.09.